The number of hydrogen-bond acceptors (Lipinski definition) is 3. The predicted molar refractivity (Wildman–Crippen MR) is 69.7 cm³/mol. The Morgan fingerprint density at radius 1 is 1.29 bits per heavy atom. The zero-order valence-electron chi connectivity index (χ0n) is 11.4. The van der Waals surface area contributed by atoms with Gasteiger partial charge >= 0.3 is 5.97 Å². The van der Waals surface area contributed by atoms with Crippen molar-refractivity contribution in [2.24, 2.45) is 0 Å². The molecule has 0 bridgehead atoms. The number of rotatable bonds is 4. The fourth-order valence-electron chi connectivity index (χ4n) is 1.24. The van der Waals surface area contributed by atoms with Gasteiger partial charge in [-0.05, 0) is 31.0 Å². The first-order valence-electron chi connectivity index (χ1n) is 6.00. The van der Waals surface area contributed by atoms with Crippen molar-refractivity contribution in [3.05, 3.63) is 29.3 Å². The van der Waals surface area contributed by atoms with E-state index in [9.17, 15) is 4.79 Å². The number of esters is 1. The maximum atomic E-state index is 11.4. The highest BCUT2D eigenvalue weighted by atomic mass is 16.5. The lowest BCUT2D eigenvalue weighted by molar-refractivity contribution is 0.0596. The first-order valence-corrected chi connectivity index (χ1v) is 6.00. The summed E-state index contributed by atoms with van der Waals surface area (Å²) < 4.78 is 10.2. The third kappa shape index (κ3) is 4.89. The number of carbonyl (C=O) groups is 1. The molecule has 17 heavy (non-hydrogen) atoms. The maximum absolute atomic E-state index is 11.4. The van der Waals surface area contributed by atoms with Gasteiger partial charge in [0.05, 0.1) is 13.7 Å². The Kier molecular flexibility index (Phi) is 7.85. The van der Waals surface area contributed by atoms with Gasteiger partial charge in [-0.2, -0.15) is 0 Å². The molecule has 1 aromatic carbocycles. The van der Waals surface area contributed by atoms with Gasteiger partial charge in [0, 0.05) is 0 Å². The van der Waals surface area contributed by atoms with Crippen molar-refractivity contribution in [2.75, 3.05) is 13.7 Å². The van der Waals surface area contributed by atoms with Crippen molar-refractivity contribution >= 4 is 5.97 Å². The molecule has 0 aliphatic heterocycles. The van der Waals surface area contributed by atoms with E-state index >= 15 is 0 Å². The van der Waals surface area contributed by atoms with Gasteiger partial charge in [0.2, 0.25) is 0 Å². The minimum absolute atomic E-state index is 0.360. The molecule has 0 aromatic heterocycles. The Morgan fingerprint density at radius 3 is 2.47 bits per heavy atom. The van der Waals surface area contributed by atoms with Crippen LogP contribution in [0.3, 0.4) is 0 Å². The van der Waals surface area contributed by atoms with Crippen LogP contribution in [0.15, 0.2) is 18.2 Å². The number of aryl methyl sites for hydroxylation is 1. The summed E-state index contributed by atoms with van der Waals surface area (Å²) in [6.07, 6.45) is 0.911. The molecule has 0 aliphatic rings. The normalized spacial score (nSPS) is 9.00. The number of methoxy groups -OCH3 is 1. The molecule has 0 saturated carbocycles. The van der Waals surface area contributed by atoms with E-state index in [0.29, 0.717) is 17.9 Å². The van der Waals surface area contributed by atoms with E-state index < -0.39 is 0 Å². The van der Waals surface area contributed by atoms with Crippen LogP contribution in [0.5, 0.6) is 5.75 Å². The van der Waals surface area contributed by atoms with Crippen LogP contribution in [0.25, 0.3) is 0 Å². The number of benzene rings is 1. The largest absolute Gasteiger partial charge is 0.493 e. The lowest BCUT2D eigenvalue weighted by atomic mass is 10.1. The van der Waals surface area contributed by atoms with E-state index in [0.717, 1.165) is 12.0 Å². The zero-order valence-corrected chi connectivity index (χ0v) is 11.4. The van der Waals surface area contributed by atoms with Crippen LogP contribution in [0, 0.1) is 6.92 Å². The Bertz CT molecular complexity index is 345. The molecule has 1 aromatic rings. The van der Waals surface area contributed by atoms with Crippen molar-refractivity contribution in [3.8, 4) is 5.75 Å². The molecule has 1 rings (SSSR count). The van der Waals surface area contributed by atoms with Crippen LogP contribution in [-0.2, 0) is 4.74 Å². The van der Waals surface area contributed by atoms with Crippen LogP contribution in [0.2, 0.25) is 0 Å². The molecule has 0 aliphatic carbocycles. The molecule has 0 saturated heterocycles. The monoisotopic (exact) mass is 238 g/mol. The van der Waals surface area contributed by atoms with Gasteiger partial charge < -0.3 is 9.47 Å². The lowest BCUT2D eigenvalue weighted by Gasteiger charge is -2.10. The van der Waals surface area contributed by atoms with E-state index in [-0.39, 0.29) is 5.97 Å². The van der Waals surface area contributed by atoms with Crippen LogP contribution >= 0.6 is 0 Å². The fraction of sp³-hybridized carbons (Fsp3) is 0.500. The highest BCUT2D eigenvalue weighted by molar-refractivity contribution is 5.92. The second kappa shape index (κ2) is 8.62. The van der Waals surface area contributed by atoms with E-state index in [1.54, 1.807) is 6.07 Å². The molecule has 96 valence electrons. The summed E-state index contributed by atoms with van der Waals surface area (Å²) in [7, 11) is 1.37. The minimum Gasteiger partial charge on any atom is -0.493 e. The van der Waals surface area contributed by atoms with Crippen molar-refractivity contribution in [3.63, 3.8) is 0 Å². The molecule has 0 heterocycles. The van der Waals surface area contributed by atoms with Gasteiger partial charge in [0.15, 0.2) is 0 Å². The summed E-state index contributed by atoms with van der Waals surface area (Å²) in [5, 5.41) is 0. The van der Waals surface area contributed by atoms with Gasteiger partial charge in [-0.15, -0.1) is 0 Å². The summed E-state index contributed by atoms with van der Waals surface area (Å²) in [5.74, 6) is 0.241. The lowest BCUT2D eigenvalue weighted by Crippen LogP contribution is -2.06. The SMILES string of the molecule is CC.CCCOc1cc(C)ccc1C(=O)OC. The van der Waals surface area contributed by atoms with Gasteiger partial charge in [0.25, 0.3) is 0 Å². The number of ether oxygens (including phenoxy) is 2. The smallest absolute Gasteiger partial charge is 0.341 e. The van der Waals surface area contributed by atoms with Crippen molar-refractivity contribution < 1.29 is 14.3 Å². The standard InChI is InChI=1S/C12H16O3.C2H6/c1-4-7-15-11-8-9(2)5-6-10(11)12(13)14-3;1-2/h5-6,8H,4,7H2,1-3H3;1-2H3. The highest BCUT2D eigenvalue weighted by Crippen LogP contribution is 2.21. The summed E-state index contributed by atoms with van der Waals surface area (Å²) in [4.78, 5) is 11.4. The first kappa shape index (κ1) is 15.5. The molecule has 0 amide bonds. The fourth-order valence-corrected chi connectivity index (χ4v) is 1.24. The molecule has 0 unspecified atom stereocenters. The quantitative estimate of drug-likeness (QED) is 0.752. The molecule has 0 radical (unpaired) electrons. The Hall–Kier alpha value is -1.51. The van der Waals surface area contributed by atoms with Gasteiger partial charge in [-0.25, -0.2) is 4.79 Å². The third-order valence-electron chi connectivity index (χ3n) is 2.00. The summed E-state index contributed by atoms with van der Waals surface area (Å²) in [5.41, 5.74) is 1.55. The van der Waals surface area contributed by atoms with E-state index in [4.69, 9.17) is 4.74 Å². The van der Waals surface area contributed by atoms with Gasteiger partial charge in [-0.3, -0.25) is 0 Å². The average molecular weight is 238 g/mol. The Labute approximate surface area is 104 Å². The van der Waals surface area contributed by atoms with Crippen LogP contribution < -0.4 is 4.74 Å². The van der Waals surface area contributed by atoms with Crippen LogP contribution in [0.1, 0.15) is 43.1 Å². The van der Waals surface area contributed by atoms with Gasteiger partial charge in [-0.1, -0.05) is 26.8 Å². The van der Waals surface area contributed by atoms with Crippen molar-refractivity contribution in [1.82, 2.24) is 0 Å². The van der Waals surface area contributed by atoms with Crippen molar-refractivity contribution in [2.45, 2.75) is 34.1 Å². The molecule has 0 atom stereocenters. The molecule has 0 N–H and O–H groups in total. The Balaban J connectivity index is 0.00000121. The van der Waals surface area contributed by atoms with Crippen LogP contribution in [-0.4, -0.2) is 19.7 Å². The molecule has 0 fully saturated rings. The number of carbonyl (C=O) groups excluding carboxylic acids is 1. The second-order valence-electron chi connectivity index (χ2n) is 3.34. The minimum atomic E-state index is -0.360. The zero-order chi connectivity index (χ0) is 13.3. The number of hydrogen-bond donors (Lipinski definition) is 0. The summed E-state index contributed by atoms with van der Waals surface area (Å²) >= 11 is 0. The Morgan fingerprint density at radius 2 is 1.94 bits per heavy atom. The molecular formula is C14H22O3. The maximum Gasteiger partial charge on any atom is 0.341 e. The highest BCUT2D eigenvalue weighted by Gasteiger charge is 2.12. The molecular weight excluding hydrogens is 216 g/mol. The summed E-state index contributed by atoms with van der Waals surface area (Å²) in [6, 6.07) is 5.44. The van der Waals surface area contributed by atoms with Crippen LogP contribution in [0.4, 0.5) is 0 Å². The van der Waals surface area contributed by atoms with E-state index in [2.05, 4.69) is 4.74 Å². The molecule has 3 heteroatoms. The third-order valence-corrected chi connectivity index (χ3v) is 2.00. The summed E-state index contributed by atoms with van der Waals surface area (Å²) in [6.45, 7) is 8.58. The van der Waals surface area contributed by atoms with Gasteiger partial charge in [0.1, 0.15) is 11.3 Å². The van der Waals surface area contributed by atoms with E-state index in [1.807, 2.05) is 39.8 Å². The topological polar surface area (TPSA) is 35.5 Å². The van der Waals surface area contributed by atoms with Crippen molar-refractivity contribution in [1.29, 1.82) is 0 Å². The molecule has 0 spiro atoms. The average Bonchev–Trinajstić information content (AvgIpc) is 2.38. The second-order valence-corrected chi connectivity index (χ2v) is 3.34. The molecule has 3 nitrogen and oxygen atoms in total. The predicted octanol–water partition coefficient (Wildman–Crippen LogP) is 3.60. The van der Waals surface area contributed by atoms with E-state index in [1.165, 1.54) is 7.11 Å². The first-order chi connectivity index (χ1) is 8.19.